The molecule has 2 N–H and O–H groups in total. The average Bonchev–Trinajstić information content (AvgIpc) is 3.17. The lowest BCUT2D eigenvalue weighted by molar-refractivity contribution is -0.119. The highest BCUT2D eigenvalue weighted by Crippen LogP contribution is 2.34. The standard InChI is InChI=1S/C20H17Cl2N3O3/c1-27-18-8-3-2-7-16(18)23-12-19(26)25-24-11-13-9-10-17(28-13)14-5-4-6-15(21)20(14)22/h2-11,23H,12H2,1H3,(H,25,26). The highest BCUT2D eigenvalue weighted by molar-refractivity contribution is 6.43. The Labute approximate surface area is 172 Å². The first-order chi connectivity index (χ1) is 13.6. The molecule has 0 radical (unpaired) electrons. The van der Waals surface area contributed by atoms with Gasteiger partial charge in [0, 0.05) is 5.56 Å². The summed E-state index contributed by atoms with van der Waals surface area (Å²) in [7, 11) is 1.57. The molecule has 6 nitrogen and oxygen atoms in total. The Morgan fingerprint density at radius 3 is 2.79 bits per heavy atom. The van der Waals surface area contributed by atoms with Gasteiger partial charge in [0.05, 0.1) is 35.6 Å². The van der Waals surface area contributed by atoms with E-state index >= 15 is 0 Å². The van der Waals surface area contributed by atoms with Crippen LogP contribution in [0.3, 0.4) is 0 Å². The number of ether oxygens (including phenoxy) is 1. The Morgan fingerprint density at radius 1 is 1.14 bits per heavy atom. The molecule has 0 unspecified atom stereocenters. The van der Waals surface area contributed by atoms with Crippen LogP contribution in [0.1, 0.15) is 5.76 Å². The molecule has 0 saturated heterocycles. The van der Waals surface area contributed by atoms with Gasteiger partial charge in [0.15, 0.2) is 0 Å². The molecule has 1 aromatic heterocycles. The largest absolute Gasteiger partial charge is 0.495 e. The van der Waals surface area contributed by atoms with Crippen molar-refractivity contribution in [2.24, 2.45) is 5.10 Å². The number of amides is 1. The SMILES string of the molecule is COc1ccccc1NCC(=O)NN=Cc1ccc(-c2cccc(Cl)c2Cl)o1. The minimum atomic E-state index is -0.313. The number of methoxy groups -OCH3 is 1. The Balaban J connectivity index is 1.56. The number of hydrogen-bond donors (Lipinski definition) is 2. The van der Waals surface area contributed by atoms with Crippen molar-refractivity contribution in [2.45, 2.75) is 0 Å². The second kappa shape index (κ2) is 9.30. The molecule has 0 saturated carbocycles. The predicted molar refractivity (Wildman–Crippen MR) is 111 cm³/mol. The summed E-state index contributed by atoms with van der Waals surface area (Å²) >= 11 is 12.2. The Hall–Kier alpha value is -2.96. The maximum absolute atomic E-state index is 11.9. The van der Waals surface area contributed by atoms with Gasteiger partial charge in [0.25, 0.3) is 5.91 Å². The molecular weight excluding hydrogens is 401 g/mol. The normalized spacial score (nSPS) is 10.8. The number of carbonyl (C=O) groups is 1. The van der Waals surface area contributed by atoms with E-state index in [1.165, 1.54) is 6.21 Å². The second-order valence-corrected chi connectivity index (χ2v) is 6.44. The highest BCUT2D eigenvalue weighted by atomic mass is 35.5. The van der Waals surface area contributed by atoms with Crippen molar-refractivity contribution in [3.8, 4) is 17.1 Å². The maximum Gasteiger partial charge on any atom is 0.259 e. The van der Waals surface area contributed by atoms with Crippen LogP contribution in [-0.2, 0) is 4.79 Å². The quantitative estimate of drug-likeness (QED) is 0.426. The lowest BCUT2D eigenvalue weighted by Gasteiger charge is -2.09. The zero-order chi connectivity index (χ0) is 19.9. The number of benzene rings is 2. The molecular formula is C20H17Cl2N3O3. The smallest absolute Gasteiger partial charge is 0.259 e. The van der Waals surface area contributed by atoms with Crippen molar-refractivity contribution in [3.05, 3.63) is 70.4 Å². The number of rotatable bonds is 7. The minimum Gasteiger partial charge on any atom is -0.495 e. The van der Waals surface area contributed by atoms with Crippen LogP contribution in [0.15, 0.2) is 64.1 Å². The first-order valence-corrected chi connectivity index (χ1v) is 9.07. The molecule has 3 aromatic rings. The molecule has 144 valence electrons. The van der Waals surface area contributed by atoms with Crippen LogP contribution >= 0.6 is 23.2 Å². The summed E-state index contributed by atoms with van der Waals surface area (Å²) in [6.07, 6.45) is 1.41. The molecule has 0 aliphatic heterocycles. The molecule has 0 aliphatic carbocycles. The van der Waals surface area contributed by atoms with Gasteiger partial charge in [-0.05, 0) is 36.4 Å². The van der Waals surface area contributed by atoms with Crippen molar-refractivity contribution in [1.82, 2.24) is 5.43 Å². The van der Waals surface area contributed by atoms with Gasteiger partial charge in [0.2, 0.25) is 0 Å². The second-order valence-electron chi connectivity index (χ2n) is 5.65. The minimum absolute atomic E-state index is 0.0409. The van der Waals surface area contributed by atoms with Crippen molar-refractivity contribution in [2.75, 3.05) is 19.0 Å². The average molecular weight is 418 g/mol. The maximum atomic E-state index is 11.9. The predicted octanol–water partition coefficient (Wildman–Crippen LogP) is 4.82. The summed E-state index contributed by atoms with van der Waals surface area (Å²) in [6.45, 7) is 0.0409. The van der Waals surface area contributed by atoms with Crippen LogP contribution in [0.25, 0.3) is 11.3 Å². The van der Waals surface area contributed by atoms with Crippen molar-refractivity contribution in [1.29, 1.82) is 0 Å². The third-order valence-electron chi connectivity index (χ3n) is 3.77. The van der Waals surface area contributed by atoms with Crippen molar-refractivity contribution >= 4 is 41.0 Å². The lowest BCUT2D eigenvalue weighted by atomic mass is 10.2. The van der Waals surface area contributed by atoms with Gasteiger partial charge in [-0.25, -0.2) is 5.43 Å². The van der Waals surface area contributed by atoms with Crippen LogP contribution < -0.4 is 15.5 Å². The van der Waals surface area contributed by atoms with Crippen LogP contribution in [0.4, 0.5) is 5.69 Å². The number of para-hydroxylation sites is 2. The molecule has 8 heteroatoms. The third kappa shape index (κ3) is 4.85. The van der Waals surface area contributed by atoms with Gasteiger partial charge in [-0.15, -0.1) is 0 Å². The summed E-state index contributed by atoms with van der Waals surface area (Å²) < 4.78 is 10.9. The number of hydrazone groups is 1. The Bertz CT molecular complexity index is 1000. The van der Waals surface area contributed by atoms with Crippen LogP contribution in [0, 0.1) is 0 Å². The molecule has 0 aliphatic rings. The number of carbonyl (C=O) groups excluding carboxylic acids is 1. The van der Waals surface area contributed by atoms with E-state index in [2.05, 4.69) is 15.8 Å². The van der Waals surface area contributed by atoms with E-state index < -0.39 is 0 Å². The van der Waals surface area contributed by atoms with Gasteiger partial charge in [-0.1, -0.05) is 41.4 Å². The lowest BCUT2D eigenvalue weighted by Crippen LogP contribution is -2.26. The zero-order valence-corrected chi connectivity index (χ0v) is 16.4. The third-order valence-corrected chi connectivity index (χ3v) is 4.59. The topological polar surface area (TPSA) is 75.9 Å². The van der Waals surface area contributed by atoms with E-state index in [1.54, 1.807) is 43.5 Å². The highest BCUT2D eigenvalue weighted by Gasteiger charge is 2.10. The summed E-state index contributed by atoms with van der Waals surface area (Å²) in [6, 6.07) is 16.1. The van der Waals surface area contributed by atoms with E-state index in [-0.39, 0.29) is 12.5 Å². The molecule has 0 fully saturated rings. The fraction of sp³-hybridized carbons (Fsp3) is 0.100. The number of hydrogen-bond acceptors (Lipinski definition) is 5. The van der Waals surface area contributed by atoms with Crippen molar-refractivity contribution < 1.29 is 13.9 Å². The Kier molecular flexibility index (Phi) is 6.57. The molecule has 0 bridgehead atoms. The molecule has 3 rings (SSSR count). The first-order valence-electron chi connectivity index (χ1n) is 8.31. The number of furan rings is 1. The monoisotopic (exact) mass is 417 g/mol. The molecule has 28 heavy (non-hydrogen) atoms. The van der Waals surface area contributed by atoms with Crippen LogP contribution in [0.2, 0.25) is 10.0 Å². The number of nitrogens with zero attached hydrogens (tertiary/aromatic N) is 1. The van der Waals surface area contributed by atoms with E-state index in [1.807, 2.05) is 18.2 Å². The van der Waals surface area contributed by atoms with Gasteiger partial charge in [-0.2, -0.15) is 5.10 Å². The van der Waals surface area contributed by atoms with Gasteiger partial charge < -0.3 is 14.5 Å². The summed E-state index contributed by atoms with van der Waals surface area (Å²) in [4.78, 5) is 11.9. The molecule has 0 spiro atoms. The molecule has 2 aromatic carbocycles. The van der Waals surface area contributed by atoms with E-state index in [0.29, 0.717) is 32.9 Å². The van der Waals surface area contributed by atoms with Gasteiger partial charge in [-0.3, -0.25) is 4.79 Å². The molecule has 0 atom stereocenters. The number of anilines is 1. The number of nitrogens with one attached hydrogen (secondary N) is 2. The van der Waals surface area contributed by atoms with Crippen LogP contribution in [0.5, 0.6) is 5.75 Å². The summed E-state index contributed by atoms with van der Waals surface area (Å²) in [5, 5.41) is 7.74. The summed E-state index contributed by atoms with van der Waals surface area (Å²) in [5.74, 6) is 1.36. The summed E-state index contributed by atoms with van der Waals surface area (Å²) in [5.41, 5.74) is 3.83. The molecule has 1 amide bonds. The van der Waals surface area contributed by atoms with Gasteiger partial charge >= 0.3 is 0 Å². The van der Waals surface area contributed by atoms with E-state index in [9.17, 15) is 4.79 Å². The zero-order valence-electron chi connectivity index (χ0n) is 14.9. The van der Waals surface area contributed by atoms with Crippen molar-refractivity contribution in [3.63, 3.8) is 0 Å². The number of halogens is 2. The fourth-order valence-corrected chi connectivity index (χ4v) is 2.83. The van der Waals surface area contributed by atoms with Gasteiger partial charge in [0.1, 0.15) is 17.3 Å². The fourth-order valence-electron chi connectivity index (χ4n) is 2.43. The first kappa shape index (κ1) is 19.8. The van der Waals surface area contributed by atoms with E-state index in [0.717, 1.165) is 5.69 Å². The van der Waals surface area contributed by atoms with E-state index in [4.69, 9.17) is 32.4 Å². The molecule has 1 heterocycles. The van der Waals surface area contributed by atoms with Crippen LogP contribution in [-0.4, -0.2) is 25.8 Å². The Morgan fingerprint density at radius 2 is 1.96 bits per heavy atom.